The maximum Gasteiger partial charge on any atom is 0.315 e. The van der Waals surface area contributed by atoms with Gasteiger partial charge in [0.25, 0.3) is 0 Å². The summed E-state index contributed by atoms with van der Waals surface area (Å²) in [5.41, 5.74) is 0. The number of nitrogens with one attached hydrogen (secondary N) is 2. The molecule has 0 bridgehead atoms. The Kier molecular flexibility index (Phi) is 6.67. The number of carbonyl (C=O) groups is 1. The van der Waals surface area contributed by atoms with Crippen molar-refractivity contribution in [2.75, 3.05) is 6.54 Å². The van der Waals surface area contributed by atoms with Crippen molar-refractivity contribution in [1.82, 2.24) is 10.6 Å². The van der Waals surface area contributed by atoms with Crippen LogP contribution in [0.1, 0.15) is 25.1 Å². The molecule has 0 fully saturated rings. The molecule has 2 unspecified atom stereocenters. The Labute approximate surface area is 120 Å². The minimum atomic E-state index is -0.489. The third kappa shape index (κ3) is 5.37. The lowest BCUT2D eigenvalue weighted by atomic mass is 10.0. The highest BCUT2D eigenvalue weighted by Crippen LogP contribution is 2.19. The van der Waals surface area contributed by atoms with Gasteiger partial charge in [-0.15, -0.1) is 11.3 Å². The van der Waals surface area contributed by atoms with Crippen molar-refractivity contribution in [3.8, 4) is 0 Å². The molecule has 0 radical (unpaired) electrons. The van der Waals surface area contributed by atoms with E-state index < -0.39 is 6.10 Å². The van der Waals surface area contributed by atoms with Gasteiger partial charge in [-0.2, -0.15) is 0 Å². The van der Waals surface area contributed by atoms with Gasteiger partial charge in [0.2, 0.25) is 0 Å². The van der Waals surface area contributed by atoms with Crippen LogP contribution in [-0.2, 0) is 6.54 Å². The van der Waals surface area contributed by atoms with Crippen LogP contribution in [0.3, 0.4) is 0 Å². The van der Waals surface area contributed by atoms with E-state index in [4.69, 9.17) is 0 Å². The highest BCUT2D eigenvalue weighted by molar-refractivity contribution is 9.10. The van der Waals surface area contributed by atoms with Gasteiger partial charge in [0.05, 0.1) is 12.6 Å². The SMILES string of the molecule is CCC(C)C(O)CNC(=O)NCc1cc(Br)cs1. The maximum absolute atomic E-state index is 11.5. The lowest BCUT2D eigenvalue weighted by Gasteiger charge is -2.17. The summed E-state index contributed by atoms with van der Waals surface area (Å²) in [4.78, 5) is 12.6. The lowest BCUT2D eigenvalue weighted by molar-refractivity contribution is 0.114. The molecule has 0 aliphatic heterocycles. The fourth-order valence-electron chi connectivity index (χ4n) is 1.35. The van der Waals surface area contributed by atoms with Crippen molar-refractivity contribution in [1.29, 1.82) is 0 Å². The van der Waals surface area contributed by atoms with Crippen molar-refractivity contribution in [2.24, 2.45) is 5.92 Å². The molecule has 2 atom stereocenters. The molecule has 6 heteroatoms. The van der Waals surface area contributed by atoms with Crippen LogP contribution in [0.2, 0.25) is 0 Å². The van der Waals surface area contributed by atoms with E-state index in [1.807, 2.05) is 25.3 Å². The molecule has 0 saturated carbocycles. The molecule has 0 spiro atoms. The minimum absolute atomic E-state index is 0.193. The number of rotatable bonds is 6. The van der Waals surface area contributed by atoms with E-state index in [1.54, 1.807) is 11.3 Å². The topological polar surface area (TPSA) is 61.4 Å². The van der Waals surface area contributed by atoms with E-state index in [1.165, 1.54) is 0 Å². The standard InChI is InChI=1S/C12H19BrN2O2S/c1-3-8(2)11(16)6-15-12(17)14-5-10-4-9(13)7-18-10/h4,7-8,11,16H,3,5-6H2,1-2H3,(H2,14,15,17). The molecule has 102 valence electrons. The third-order valence-electron chi connectivity index (χ3n) is 2.82. The number of carbonyl (C=O) groups excluding carboxylic acids is 1. The van der Waals surface area contributed by atoms with Gasteiger partial charge < -0.3 is 15.7 Å². The molecule has 0 aliphatic carbocycles. The lowest BCUT2D eigenvalue weighted by Crippen LogP contribution is -2.41. The molecule has 0 aromatic carbocycles. The Morgan fingerprint density at radius 2 is 2.28 bits per heavy atom. The zero-order valence-electron chi connectivity index (χ0n) is 10.6. The molecule has 2 amide bonds. The fraction of sp³-hybridized carbons (Fsp3) is 0.583. The number of halogens is 1. The number of hydrogen-bond acceptors (Lipinski definition) is 3. The summed E-state index contributed by atoms with van der Waals surface area (Å²) < 4.78 is 1.02. The summed E-state index contributed by atoms with van der Waals surface area (Å²) >= 11 is 4.95. The average Bonchev–Trinajstić information content (AvgIpc) is 2.78. The monoisotopic (exact) mass is 334 g/mol. The Hall–Kier alpha value is -0.590. The Morgan fingerprint density at radius 3 is 2.83 bits per heavy atom. The summed E-state index contributed by atoms with van der Waals surface area (Å²) in [5.74, 6) is 0.193. The van der Waals surface area contributed by atoms with Crippen LogP contribution in [0.5, 0.6) is 0 Å². The summed E-state index contributed by atoms with van der Waals surface area (Å²) in [6, 6.07) is 1.72. The van der Waals surface area contributed by atoms with Crippen LogP contribution < -0.4 is 10.6 Å². The number of amides is 2. The van der Waals surface area contributed by atoms with Gasteiger partial charge in [-0.05, 0) is 27.9 Å². The summed E-state index contributed by atoms with van der Waals surface area (Å²) in [7, 11) is 0. The smallest absolute Gasteiger partial charge is 0.315 e. The fourth-order valence-corrected chi connectivity index (χ4v) is 2.74. The summed E-state index contributed by atoms with van der Waals surface area (Å²) in [6.07, 6.45) is 0.407. The van der Waals surface area contributed by atoms with E-state index in [0.717, 1.165) is 15.8 Å². The van der Waals surface area contributed by atoms with Gasteiger partial charge in [-0.25, -0.2) is 4.79 Å². The molecule has 18 heavy (non-hydrogen) atoms. The highest BCUT2D eigenvalue weighted by Gasteiger charge is 2.13. The summed E-state index contributed by atoms with van der Waals surface area (Å²) in [6.45, 7) is 4.77. The number of thiophene rings is 1. The highest BCUT2D eigenvalue weighted by atomic mass is 79.9. The van der Waals surface area contributed by atoms with Gasteiger partial charge >= 0.3 is 6.03 Å². The molecule has 0 aliphatic rings. The van der Waals surface area contributed by atoms with Crippen molar-refractivity contribution in [3.63, 3.8) is 0 Å². The molecule has 1 aromatic heterocycles. The van der Waals surface area contributed by atoms with Crippen LogP contribution >= 0.6 is 27.3 Å². The molecule has 1 aromatic rings. The predicted molar refractivity (Wildman–Crippen MR) is 77.7 cm³/mol. The zero-order chi connectivity index (χ0) is 13.5. The maximum atomic E-state index is 11.5. The van der Waals surface area contributed by atoms with Crippen LogP contribution in [0, 0.1) is 5.92 Å². The minimum Gasteiger partial charge on any atom is -0.391 e. The molecule has 3 N–H and O–H groups in total. The van der Waals surface area contributed by atoms with E-state index >= 15 is 0 Å². The van der Waals surface area contributed by atoms with Crippen molar-refractivity contribution >= 4 is 33.3 Å². The first-order valence-corrected chi connectivity index (χ1v) is 7.62. The van der Waals surface area contributed by atoms with E-state index in [2.05, 4.69) is 26.6 Å². The van der Waals surface area contributed by atoms with Crippen LogP contribution in [0.4, 0.5) is 4.79 Å². The second kappa shape index (κ2) is 7.76. The van der Waals surface area contributed by atoms with E-state index in [9.17, 15) is 9.90 Å². The summed E-state index contributed by atoms with van der Waals surface area (Å²) in [5, 5.41) is 17.1. The Balaban J connectivity index is 2.22. The molecular formula is C12H19BrN2O2S. The van der Waals surface area contributed by atoms with Gasteiger partial charge in [0, 0.05) is 21.3 Å². The quantitative estimate of drug-likeness (QED) is 0.749. The van der Waals surface area contributed by atoms with Crippen molar-refractivity contribution in [3.05, 3.63) is 20.8 Å². The normalized spacial score (nSPS) is 14.0. The molecule has 1 rings (SSSR count). The third-order valence-corrected chi connectivity index (χ3v) is 4.52. The first-order valence-electron chi connectivity index (χ1n) is 5.95. The largest absolute Gasteiger partial charge is 0.391 e. The van der Waals surface area contributed by atoms with Gasteiger partial charge in [-0.1, -0.05) is 20.3 Å². The second-order valence-corrected chi connectivity index (χ2v) is 6.16. The molecule has 0 saturated heterocycles. The second-order valence-electron chi connectivity index (χ2n) is 4.25. The van der Waals surface area contributed by atoms with Crippen molar-refractivity contribution in [2.45, 2.75) is 32.9 Å². The number of urea groups is 1. The number of aliphatic hydroxyl groups is 1. The van der Waals surface area contributed by atoms with E-state index in [-0.39, 0.29) is 18.5 Å². The van der Waals surface area contributed by atoms with Crippen molar-refractivity contribution < 1.29 is 9.90 Å². The molecule has 1 heterocycles. The predicted octanol–water partition coefficient (Wildman–Crippen LogP) is 2.72. The van der Waals surface area contributed by atoms with E-state index in [0.29, 0.717) is 6.54 Å². The first-order chi connectivity index (χ1) is 8.52. The van der Waals surface area contributed by atoms with Gasteiger partial charge in [0.1, 0.15) is 0 Å². The van der Waals surface area contributed by atoms with Gasteiger partial charge in [0.15, 0.2) is 0 Å². The van der Waals surface area contributed by atoms with Crippen LogP contribution in [-0.4, -0.2) is 23.8 Å². The Morgan fingerprint density at radius 1 is 1.56 bits per heavy atom. The molecular weight excluding hydrogens is 316 g/mol. The van der Waals surface area contributed by atoms with Crippen LogP contribution in [0.15, 0.2) is 15.9 Å². The zero-order valence-corrected chi connectivity index (χ0v) is 13.0. The number of hydrogen-bond donors (Lipinski definition) is 3. The Bertz CT molecular complexity index is 384. The number of aliphatic hydroxyl groups excluding tert-OH is 1. The molecule has 4 nitrogen and oxygen atoms in total. The van der Waals surface area contributed by atoms with Crippen LogP contribution in [0.25, 0.3) is 0 Å². The first kappa shape index (κ1) is 15.5. The van der Waals surface area contributed by atoms with Gasteiger partial charge in [-0.3, -0.25) is 0 Å². The average molecular weight is 335 g/mol.